The Hall–Kier alpha value is -2.57. The van der Waals surface area contributed by atoms with E-state index in [2.05, 4.69) is 6.58 Å². The van der Waals surface area contributed by atoms with E-state index in [1.54, 1.807) is 7.11 Å². The van der Waals surface area contributed by atoms with Gasteiger partial charge in [-0.25, -0.2) is 4.79 Å². The first-order valence-corrected chi connectivity index (χ1v) is 7.81. The number of rotatable bonds is 10. The molecule has 1 atom stereocenters. The molecule has 6 heteroatoms. The minimum absolute atomic E-state index is 0.146. The summed E-state index contributed by atoms with van der Waals surface area (Å²) in [6.07, 6.45) is 0.516. The number of hydrogen-bond acceptors (Lipinski definition) is 6. The highest BCUT2D eigenvalue weighted by atomic mass is 16.7. The SMILES string of the molecule is C=CC(=O)OCCOCC(OC)Oc1ccc(OC)c2ccccc12. The Morgan fingerprint density at radius 2 is 1.76 bits per heavy atom. The van der Waals surface area contributed by atoms with Gasteiger partial charge in [0.05, 0.1) is 13.7 Å². The molecule has 2 aromatic rings. The van der Waals surface area contributed by atoms with Crippen molar-refractivity contribution in [1.29, 1.82) is 0 Å². The summed E-state index contributed by atoms with van der Waals surface area (Å²) in [5, 5.41) is 1.87. The van der Waals surface area contributed by atoms with Gasteiger partial charge in [-0.05, 0) is 12.1 Å². The molecular weight excluding hydrogens is 324 g/mol. The molecule has 0 aliphatic rings. The van der Waals surface area contributed by atoms with Crippen LogP contribution < -0.4 is 9.47 Å². The molecule has 0 N–H and O–H groups in total. The molecule has 1 unspecified atom stereocenters. The second-order valence-corrected chi connectivity index (χ2v) is 5.04. The van der Waals surface area contributed by atoms with Crippen LogP contribution in [0.2, 0.25) is 0 Å². The van der Waals surface area contributed by atoms with Gasteiger partial charge >= 0.3 is 5.97 Å². The lowest BCUT2D eigenvalue weighted by molar-refractivity contribution is -0.141. The molecule has 0 aliphatic heterocycles. The Kier molecular flexibility index (Phi) is 7.25. The molecule has 0 bridgehead atoms. The van der Waals surface area contributed by atoms with Crippen molar-refractivity contribution in [3.05, 3.63) is 49.1 Å². The van der Waals surface area contributed by atoms with Gasteiger partial charge < -0.3 is 23.7 Å². The second-order valence-electron chi connectivity index (χ2n) is 5.04. The average Bonchev–Trinajstić information content (AvgIpc) is 2.66. The zero-order chi connectivity index (χ0) is 18.1. The summed E-state index contributed by atoms with van der Waals surface area (Å²) in [7, 11) is 3.17. The molecule has 0 saturated carbocycles. The topological polar surface area (TPSA) is 63.2 Å². The third-order valence-corrected chi connectivity index (χ3v) is 3.48. The largest absolute Gasteiger partial charge is 0.496 e. The van der Waals surface area contributed by atoms with Gasteiger partial charge in [0.2, 0.25) is 6.29 Å². The molecule has 0 aliphatic carbocycles. The molecule has 0 amide bonds. The highest BCUT2D eigenvalue weighted by Crippen LogP contribution is 2.33. The molecule has 2 rings (SSSR count). The average molecular weight is 346 g/mol. The summed E-state index contributed by atoms with van der Waals surface area (Å²) in [5.41, 5.74) is 0. The van der Waals surface area contributed by atoms with E-state index >= 15 is 0 Å². The van der Waals surface area contributed by atoms with E-state index in [1.165, 1.54) is 7.11 Å². The van der Waals surface area contributed by atoms with Crippen LogP contribution >= 0.6 is 0 Å². The summed E-state index contributed by atoms with van der Waals surface area (Å²) >= 11 is 0. The summed E-state index contributed by atoms with van der Waals surface area (Å²) in [6.45, 7) is 3.91. The van der Waals surface area contributed by atoms with Crippen molar-refractivity contribution in [2.75, 3.05) is 34.0 Å². The van der Waals surface area contributed by atoms with Crippen LogP contribution in [0.15, 0.2) is 49.1 Å². The normalized spacial score (nSPS) is 11.8. The molecule has 0 radical (unpaired) electrons. The van der Waals surface area contributed by atoms with Crippen LogP contribution in [-0.4, -0.2) is 46.3 Å². The quantitative estimate of drug-likeness (QED) is 0.285. The van der Waals surface area contributed by atoms with Crippen molar-refractivity contribution in [1.82, 2.24) is 0 Å². The highest BCUT2D eigenvalue weighted by molar-refractivity contribution is 5.93. The lowest BCUT2D eigenvalue weighted by atomic mass is 10.1. The maximum atomic E-state index is 10.9. The predicted molar refractivity (Wildman–Crippen MR) is 93.9 cm³/mol. The van der Waals surface area contributed by atoms with Crippen LogP contribution in [0.3, 0.4) is 0 Å². The number of hydrogen-bond donors (Lipinski definition) is 0. The Morgan fingerprint density at radius 1 is 1.08 bits per heavy atom. The van der Waals surface area contributed by atoms with E-state index in [4.69, 9.17) is 23.7 Å². The molecule has 2 aromatic carbocycles. The summed E-state index contributed by atoms with van der Waals surface area (Å²) < 4.78 is 26.8. The Balaban J connectivity index is 1.96. The standard InChI is InChI=1S/C19H22O6/c1-4-18(20)24-12-11-23-13-19(22-3)25-17-10-9-16(21-2)14-7-5-6-8-15(14)17/h4-10,19H,1,11-13H2,2-3H3. The zero-order valence-electron chi connectivity index (χ0n) is 14.4. The van der Waals surface area contributed by atoms with Crippen molar-refractivity contribution in [2.45, 2.75) is 6.29 Å². The van der Waals surface area contributed by atoms with Crippen LogP contribution in [-0.2, 0) is 19.0 Å². The lowest BCUT2D eigenvalue weighted by Crippen LogP contribution is -2.26. The van der Waals surface area contributed by atoms with Crippen molar-refractivity contribution < 1.29 is 28.5 Å². The third kappa shape index (κ3) is 5.20. The molecule has 0 spiro atoms. The van der Waals surface area contributed by atoms with Crippen LogP contribution in [0, 0.1) is 0 Å². The van der Waals surface area contributed by atoms with E-state index in [0.717, 1.165) is 22.6 Å². The molecular formula is C19H22O6. The first kappa shape index (κ1) is 18.8. The predicted octanol–water partition coefficient (Wildman–Crippen LogP) is 2.95. The number of benzene rings is 2. The fourth-order valence-electron chi connectivity index (χ4n) is 2.26. The van der Waals surface area contributed by atoms with Gasteiger partial charge in [0, 0.05) is 24.0 Å². The minimum Gasteiger partial charge on any atom is -0.496 e. The molecule has 6 nitrogen and oxygen atoms in total. The smallest absolute Gasteiger partial charge is 0.330 e. The van der Waals surface area contributed by atoms with Gasteiger partial charge in [0.25, 0.3) is 0 Å². The molecule has 0 fully saturated rings. The van der Waals surface area contributed by atoms with E-state index in [9.17, 15) is 4.79 Å². The third-order valence-electron chi connectivity index (χ3n) is 3.48. The molecule has 25 heavy (non-hydrogen) atoms. The van der Waals surface area contributed by atoms with Crippen molar-refractivity contribution in [2.24, 2.45) is 0 Å². The van der Waals surface area contributed by atoms with Crippen molar-refractivity contribution in [3.8, 4) is 11.5 Å². The number of ether oxygens (including phenoxy) is 5. The number of esters is 1. The van der Waals surface area contributed by atoms with Crippen LogP contribution in [0.25, 0.3) is 10.8 Å². The van der Waals surface area contributed by atoms with Crippen LogP contribution in [0.4, 0.5) is 0 Å². The maximum absolute atomic E-state index is 10.9. The van der Waals surface area contributed by atoms with Crippen molar-refractivity contribution >= 4 is 16.7 Å². The Morgan fingerprint density at radius 3 is 2.40 bits per heavy atom. The fourth-order valence-corrected chi connectivity index (χ4v) is 2.26. The van der Waals surface area contributed by atoms with Crippen LogP contribution in [0.5, 0.6) is 11.5 Å². The lowest BCUT2D eigenvalue weighted by Gasteiger charge is -2.19. The van der Waals surface area contributed by atoms with Gasteiger partial charge in [0.1, 0.15) is 24.7 Å². The summed E-state index contributed by atoms with van der Waals surface area (Å²) in [4.78, 5) is 10.9. The van der Waals surface area contributed by atoms with E-state index in [1.807, 2.05) is 36.4 Å². The second kappa shape index (κ2) is 9.66. The first-order chi connectivity index (χ1) is 12.2. The minimum atomic E-state index is -0.591. The number of carbonyl (C=O) groups excluding carboxylic acids is 1. The highest BCUT2D eigenvalue weighted by Gasteiger charge is 2.13. The maximum Gasteiger partial charge on any atom is 0.330 e. The number of fused-ring (bicyclic) bond motifs is 1. The molecule has 0 saturated heterocycles. The van der Waals surface area contributed by atoms with E-state index < -0.39 is 12.3 Å². The van der Waals surface area contributed by atoms with Crippen molar-refractivity contribution in [3.63, 3.8) is 0 Å². The number of carbonyl (C=O) groups is 1. The summed E-state index contributed by atoms with van der Waals surface area (Å²) in [6, 6.07) is 11.5. The van der Waals surface area contributed by atoms with Gasteiger partial charge in [-0.2, -0.15) is 0 Å². The first-order valence-electron chi connectivity index (χ1n) is 7.81. The fraction of sp³-hybridized carbons (Fsp3) is 0.316. The monoisotopic (exact) mass is 346 g/mol. The Labute approximate surface area is 146 Å². The number of methoxy groups -OCH3 is 2. The zero-order valence-corrected chi connectivity index (χ0v) is 14.4. The summed E-state index contributed by atoms with van der Waals surface area (Å²) in [5.74, 6) is 0.968. The molecule has 0 heterocycles. The van der Waals surface area contributed by atoms with Gasteiger partial charge in [-0.15, -0.1) is 0 Å². The van der Waals surface area contributed by atoms with Crippen LogP contribution in [0.1, 0.15) is 0 Å². The van der Waals surface area contributed by atoms with E-state index in [-0.39, 0.29) is 19.8 Å². The molecule has 134 valence electrons. The van der Waals surface area contributed by atoms with E-state index in [0.29, 0.717) is 5.75 Å². The van der Waals surface area contributed by atoms with Gasteiger partial charge in [-0.3, -0.25) is 0 Å². The van der Waals surface area contributed by atoms with Gasteiger partial charge in [0.15, 0.2) is 0 Å². The Bertz CT molecular complexity index is 712. The van der Waals surface area contributed by atoms with Gasteiger partial charge in [-0.1, -0.05) is 30.8 Å². The molecule has 0 aromatic heterocycles.